The van der Waals surface area contributed by atoms with Crippen LogP contribution in [0.1, 0.15) is 24.9 Å². The number of benzene rings is 1. The molecule has 0 radical (unpaired) electrons. The lowest BCUT2D eigenvalue weighted by Crippen LogP contribution is -2.25. The molecule has 1 unspecified atom stereocenters. The molecule has 88 valence electrons. The molecule has 1 aromatic carbocycles. The normalized spacial score (nSPS) is 13.1. The first-order valence-electron chi connectivity index (χ1n) is 5.77. The van der Waals surface area contributed by atoms with E-state index in [1.54, 1.807) is 7.11 Å². The predicted octanol–water partition coefficient (Wildman–Crippen LogP) is 2.93. The van der Waals surface area contributed by atoms with E-state index in [-0.39, 0.29) is 6.04 Å². The quantitative estimate of drug-likeness (QED) is 0.562. The molecule has 2 nitrogen and oxygen atoms in total. The Hall–Kier alpha value is -1.12. The van der Waals surface area contributed by atoms with E-state index in [4.69, 9.17) is 4.74 Å². The van der Waals surface area contributed by atoms with Crippen LogP contribution in [-0.2, 0) is 4.74 Å². The third kappa shape index (κ3) is 4.60. The Balaban J connectivity index is 2.47. The van der Waals surface area contributed by atoms with Crippen molar-refractivity contribution in [3.63, 3.8) is 0 Å². The van der Waals surface area contributed by atoms with Crippen LogP contribution in [0.2, 0.25) is 0 Å². The highest BCUT2D eigenvalue weighted by molar-refractivity contribution is 5.18. The van der Waals surface area contributed by atoms with Crippen molar-refractivity contribution in [2.45, 2.75) is 19.4 Å². The van der Waals surface area contributed by atoms with Gasteiger partial charge in [-0.1, -0.05) is 42.5 Å². The summed E-state index contributed by atoms with van der Waals surface area (Å²) in [7, 11) is 1.74. The van der Waals surface area contributed by atoms with Crippen molar-refractivity contribution in [2.24, 2.45) is 0 Å². The summed E-state index contributed by atoms with van der Waals surface area (Å²) in [4.78, 5) is 0. The largest absolute Gasteiger partial charge is 0.383 e. The Morgan fingerprint density at radius 2 is 2.06 bits per heavy atom. The highest BCUT2D eigenvalue weighted by atomic mass is 16.5. The van der Waals surface area contributed by atoms with Crippen molar-refractivity contribution >= 4 is 0 Å². The summed E-state index contributed by atoms with van der Waals surface area (Å²) in [6.45, 7) is 3.73. The highest BCUT2D eigenvalue weighted by Gasteiger charge is 2.08. The van der Waals surface area contributed by atoms with Crippen LogP contribution < -0.4 is 5.32 Å². The van der Waals surface area contributed by atoms with Gasteiger partial charge in [0.1, 0.15) is 0 Å². The summed E-state index contributed by atoms with van der Waals surface area (Å²) in [6.07, 6.45) is 5.31. The molecule has 0 amide bonds. The summed E-state index contributed by atoms with van der Waals surface area (Å²) < 4.78 is 5.23. The van der Waals surface area contributed by atoms with Gasteiger partial charge in [0.05, 0.1) is 12.6 Å². The molecule has 0 saturated heterocycles. The number of hydrogen-bond acceptors (Lipinski definition) is 2. The van der Waals surface area contributed by atoms with E-state index in [9.17, 15) is 0 Å². The number of allylic oxidation sites excluding steroid dienone is 1. The summed E-state index contributed by atoms with van der Waals surface area (Å²) in [5.74, 6) is 0. The maximum Gasteiger partial charge on any atom is 0.0657 e. The second kappa shape index (κ2) is 8.08. The van der Waals surface area contributed by atoms with E-state index < -0.39 is 0 Å². The fourth-order valence-corrected chi connectivity index (χ4v) is 1.63. The van der Waals surface area contributed by atoms with Gasteiger partial charge in [0.15, 0.2) is 0 Å². The zero-order valence-electron chi connectivity index (χ0n) is 10.1. The van der Waals surface area contributed by atoms with Crippen LogP contribution in [0, 0.1) is 0 Å². The summed E-state index contributed by atoms with van der Waals surface area (Å²) in [6, 6.07) is 10.7. The molecule has 0 aromatic heterocycles. The Morgan fingerprint density at radius 3 is 2.69 bits per heavy atom. The summed E-state index contributed by atoms with van der Waals surface area (Å²) >= 11 is 0. The summed E-state index contributed by atoms with van der Waals surface area (Å²) in [5, 5.41) is 3.50. The molecule has 0 fully saturated rings. The molecule has 1 atom stereocenters. The van der Waals surface area contributed by atoms with Gasteiger partial charge < -0.3 is 10.1 Å². The van der Waals surface area contributed by atoms with Crippen LogP contribution in [0.5, 0.6) is 0 Å². The second-order valence-electron chi connectivity index (χ2n) is 3.73. The molecule has 0 heterocycles. The fourth-order valence-electron chi connectivity index (χ4n) is 1.63. The van der Waals surface area contributed by atoms with Crippen LogP contribution in [0.3, 0.4) is 0 Å². The topological polar surface area (TPSA) is 21.3 Å². The molecule has 1 rings (SSSR count). The van der Waals surface area contributed by atoms with Crippen LogP contribution in [-0.4, -0.2) is 20.3 Å². The van der Waals surface area contributed by atoms with Gasteiger partial charge in [-0.2, -0.15) is 0 Å². The lowest BCUT2D eigenvalue weighted by Gasteiger charge is -2.17. The van der Waals surface area contributed by atoms with Crippen molar-refractivity contribution < 1.29 is 4.74 Å². The number of rotatable bonds is 7. The second-order valence-corrected chi connectivity index (χ2v) is 3.73. The smallest absolute Gasteiger partial charge is 0.0657 e. The van der Waals surface area contributed by atoms with E-state index >= 15 is 0 Å². The van der Waals surface area contributed by atoms with E-state index in [1.165, 1.54) is 5.56 Å². The SMILES string of the molecule is C/C=C/CCNC(COC)c1ccccc1. The molecule has 1 aromatic rings. The van der Waals surface area contributed by atoms with Gasteiger partial charge in [-0.3, -0.25) is 0 Å². The number of ether oxygens (including phenoxy) is 1. The Morgan fingerprint density at radius 1 is 1.31 bits per heavy atom. The fraction of sp³-hybridized carbons (Fsp3) is 0.429. The highest BCUT2D eigenvalue weighted by Crippen LogP contribution is 2.12. The van der Waals surface area contributed by atoms with E-state index in [0.29, 0.717) is 6.61 Å². The van der Waals surface area contributed by atoms with E-state index in [2.05, 4.69) is 41.7 Å². The van der Waals surface area contributed by atoms with Crippen molar-refractivity contribution in [3.8, 4) is 0 Å². The average molecular weight is 219 g/mol. The lowest BCUT2D eigenvalue weighted by atomic mass is 10.1. The van der Waals surface area contributed by atoms with Crippen molar-refractivity contribution in [2.75, 3.05) is 20.3 Å². The molecule has 0 aliphatic heterocycles. The Labute approximate surface area is 98.3 Å². The molecule has 0 aliphatic rings. The predicted molar refractivity (Wildman–Crippen MR) is 68.5 cm³/mol. The Kier molecular flexibility index (Phi) is 6.54. The van der Waals surface area contributed by atoms with Gasteiger partial charge in [0, 0.05) is 7.11 Å². The zero-order chi connectivity index (χ0) is 11.6. The molecular weight excluding hydrogens is 198 g/mol. The number of hydrogen-bond donors (Lipinski definition) is 1. The monoisotopic (exact) mass is 219 g/mol. The molecule has 1 N–H and O–H groups in total. The van der Waals surface area contributed by atoms with Gasteiger partial charge in [-0.15, -0.1) is 0 Å². The molecule has 0 saturated carbocycles. The maximum atomic E-state index is 5.23. The van der Waals surface area contributed by atoms with Gasteiger partial charge in [0.2, 0.25) is 0 Å². The van der Waals surface area contributed by atoms with Crippen LogP contribution in [0.25, 0.3) is 0 Å². The molecule has 16 heavy (non-hydrogen) atoms. The standard InChI is InChI=1S/C14H21NO/c1-3-4-8-11-15-14(12-16-2)13-9-6-5-7-10-13/h3-7,9-10,14-15H,8,11-12H2,1-2H3/b4-3+. The minimum atomic E-state index is 0.288. The molecule has 0 aliphatic carbocycles. The zero-order valence-corrected chi connectivity index (χ0v) is 10.1. The molecule has 2 heteroatoms. The number of nitrogens with one attached hydrogen (secondary N) is 1. The van der Waals surface area contributed by atoms with Gasteiger partial charge in [0.25, 0.3) is 0 Å². The minimum absolute atomic E-state index is 0.288. The first kappa shape index (κ1) is 12.9. The van der Waals surface area contributed by atoms with Crippen molar-refractivity contribution in [1.82, 2.24) is 5.32 Å². The average Bonchev–Trinajstić information content (AvgIpc) is 2.34. The Bertz CT molecular complexity index is 295. The van der Waals surface area contributed by atoms with Crippen molar-refractivity contribution in [1.29, 1.82) is 0 Å². The third-order valence-electron chi connectivity index (χ3n) is 2.47. The summed E-state index contributed by atoms with van der Waals surface area (Å²) in [5.41, 5.74) is 1.28. The lowest BCUT2D eigenvalue weighted by molar-refractivity contribution is 0.167. The number of methoxy groups -OCH3 is 1. The van der Waals surface area contributed by atoms with Gasteiger partial charge in [-0.25, -0.2) is 0 Å². The van der Waals surface area contributed by atoms with Crippen molar-refractivity contribution in [3.05, 3.63) is 48.0 Å². The maximum absolute atomic E-state index is 5.23. The van der Waals surface area contributed by atoms with Gasteiger partial charge >= 0.3 is 0 Å². The first-order chi connectivity index (χ1) is 7.88. The molecular formula is C14H21NO. The van der Waals surface area contributed by atoms with Gasteiger partial charge in [-0.05, 0) is 25.5 Å². The van der Waals surface area contributed by atoms with E-state index in [0.717, 1.165) is 13.0 Å². The molecule has 0 bridgehead atoms. The first-order valence-corrected chi connectivity index (χ1v) is 5.77. The van der Waals surface area contributed by atoms with Crippen LogP contribution in [0.15, 0.2) is 42.5 Å². The van der Waals surface area contributed by atoms with Crippen LogP contribution >= 0.6 is 0 Å². The van der Waals surface area contributed by atoms with Crippen LogP contribution in [0.4, 0.5) is 0 Å². The van der Waals surface area contributed by atoms with E-state index in [1.807, 2.05) is 13.0 Å². The minimum Gasteiger partial charge on any atom is -0.383 e. The third-order valence-corrected chi connectivity index (χ3v) is 2.47. The molecule has 0 spiro atoms.